The van der Waals surface area contributed by atoms with Gasteiger partial charge in [0, 0.05) is 22.6 Å². The molecule has 0 aliphatic rings. The highest BCUT2D eigenvalue weighted by molar-refractivity contribution is 9.10. The molecule has 3 nitrogen and oxygen atoms in total. The molecule has 0 bridgehead atoms. The van der Waals surface area contributed by atoms with E-state index in [9.17, 15) is 0 Å². The van der Waals surface area contributed by atoms with Crippen molar-refractivity contribution in [3.05, 3.63) is 46.5 Å². The zero-order valence-electron chi connectivity index (χ0n) is 8.44. The van der Waals surface area contributed by atoms with Gasteiger partial charge < -0.3 is 10.3 Å². The Balaban J connectivity index is 2.29. The molecule has 0 unspecified atom stereocenters. The van der Waals surface area contributed by atoms with Gasteiger partial charge in [0.05, 0.1) is 6.54 Å². The smallest absolute Gasteiger partial charge is 0.105 e. The Morgan fingerprint density at radius 1 is 1.47 bits per heavy atom. The molecule has 1 aromatic carbocycles. The van der Waals surface area contributed by atoms with Gasteiger partial charge >= 0.3 is 0 Å². The van der Waals surface area contributed by atoms with Crippen molar-refractivity contribution in [3.63, 3.8) is 0 Å². The number of nitrogens with two attached hydrogens (primary N) is 1. The van der Waals surface area contributed by atoms with Crippen LogP contribution in [0.2, 0.25) is 0 Å². The van der Waals surface area contributed by atoms with Gasteiger partial charge in [0.2, 0.25) is 0 Å². The number of hydrogen-bond acceptors (Lipinski definition) is 2. The fourth-order valence-electron chi connectivity index (χ4n) is 1.46. The molecule has 2 rings (SSSR count). The lowest BCUT2D eigenvalue weighted by Gasteiger charge is -2.08. The van der Waals surface area contributed by atoms with E-state index >= 15 is 0 Å². The standard InChI is InChI=1S/C11H12BrN3/c1-8-14-4-5-15(8)7-9-2-3-10(12)6-11(9)13/h2-6H,7,13H2,1H3. The lowest BCUT2D eigenvalue weighted by molar-refractivity contribution is 0.763. The number of hydrogen-bond donors (Lipinski definition) is 1. The van der Waals surface area contributed by atoms with Gasteiger partial charge in [-0.25, -0.2) is 4.98 Å². The second-order valence-electron chi connectivity index (χ2n) is 3.45. The number of rotatable bonds is 2. The molecule has 15 heavy (non-hydrogen) atoms. The molecule has 4 heteroatoms. The quantitative estimate of drug-likeness (QED) is 0.849. The van der Waals surface area contributed by atoms with Crippen molar-refractivity contribution in [1.82, 2.24) is 9.55 Å². The highest BCUT2D eigenvalue weighted by Crippen LogP contribution is 2.19. The summed E-state index contributed by atoms with van der Waals surface area (Å²) in [6, 6.07) is 5.94. The van der Waals surface area contributed by atoms with Crippen molar-refractivity contribution in [2.24, 2.45) is 0 Å². The number of anilines is 1. The summed E-state index contributed by atoms with van der Waals surface area (Å²) in [5.74, 6) is 0.998. The van der Waals surface area contributed by atoms with E-state index in [0.29, 0.717) is 0 Å². The number of halogens is 1. The predicted molar refractivity (Wildman–Crippen MR) is 64.6 cm³/mol. The molecule has 1 heterocycles. The molecule has 0 aliphatic carbocycles. The van der Waals surface area contributed by atoms with Crippen LogP contribution in [0.25, 0.3) is 0 Å². The zero-order valence-corrected chi connectivity index (χ0v) is 10.0. The van der Waals surface area contributed by atoms with Crippen LogP contribution in [0.1, 0.15) is 11.4 Å². The fourth-order valence-corrected chi connectivity index (χ4v) is 1.84. The molecule has 78 valence electrons. The maximum absolute atomic E-state index is 5.92. The first kappa shape index (κ1) is 10.2. The predicted octanol–water partition coefficient (Wildman–Crippen LogP) is 2.58. The summed E-state index contributed by atoms with van der Waals surface area (Å²) in [4.78, 5) is 4.17. The third kappa shape index (κ3) is 2.21. The minimum Gasteiger partial charge on any atom is -0.398 e. The minimum atomic E-state index is 0.769. The van der Waals surface area contributed by atoms with Crippen molar-refractivity contribution in [3.8, 4) is 0 Å². The summed E-state index contributed by atoms with van der Waals surface area (Å²) in [6.45, 7) is 2.75. The van der Waals surface area contributed by atoms with E-state index < -0.39 is 0 Å². The van der Waals surface area contributed by atoms with Crippen LogP contribution in [0, 0.1) is 6.92 Å². The molecule has 0 saturated carbocycles. The Labute approximate surface area is 97.1 Å². The van der Waals surface area contributed by atoms with Gasteiger partial charge in [-0.1, -0.05) is 22.0 Å². The molecule has 0 atom stereocenters. The van der Waals surface area contributed by atoms with Crippen LogP contribution in [-0.4, -0.2) is 9.55 Å². The Kier molecular flexibility index (Phi) is 2.77. The maximum Gasteiger partial charge on any atom is 0.105 e. The van der Waals surface area contributed by atoms with Gasteiger partial charge in [0.15, 0.2) is 0 Å². The van der Waals surface area contributed by atoms with Crippen molar-refractivity contribution < 1.29 is 0 Å². The molecule has 1 aromatic heterocycles. The fraction of sp³-hybridized carbons (Fsp3) is 0.182. The Morgan fingerprint density at radius 2 is 2.27 bits per heavy atom. The Hall–Kier alpha value is -1.29. The van der Waals surface area contributed by atoms with Crippen LogP contribution in [0.15, 0.2) is 35.1 Å². The molecular formula is C11H12BrN3. The summed E-state index contributed by atoms with van der Waals surface area (Å²) in [5.41, 5.74) is 7.84. The number of nitrogens with zero attached hydrogens (tertiary/aromatic N) is 2. The maximum atomic E-state index is 5.92. The van der Waals surface area contributed by atoms with Gasteiger partial charge in [-0.15, -0.1) is 0 Å². The summed E-state index contributed by atoms with van der Waals surface area (Å²) in [7, 11) is 0. The first-order valence-corrected chi connectivity index (χ1v) is 5.48. The van der Waals surface area contributed by atoms with Gasteiger partial charge in [-0.05, 0) is 24.6 Å². The molecule has 0 saturated heterocycles. The summed E-state index contributed by atoms with van der Waals surface area (Å²) in [5, 5.41) is 0. The second-order valence-corrected chi connectivity index (χ2v) is 4.36. The molecule has 2 aromatic rings. The van der Waals surface area contributed by atoms with Gasteiger partial charge in [-0.3, -0.25) is 0 Å². The van der Waals surface area contributed by atoms with Crippen molar-refractivity contribution in [2.75, 3.05) is 5.73 Å². The lowest BCUT2D eigenvalue weighted by Crippen LogP contribution is -2.03. The van der Waals surface area contributed by atoms with Crippen LogP contribution in [0.5, 0.6) is 0 Å². The van der Waals surface area contributed by atoms with Gasteiger partial charge in [-0.2, -0.15) is 0 Å². The average molecular weight is 266 g/mol. The largest absolute Gasteiger partial charge is 0.398 e. The van der Waals surface area contributed by atoms with Crippen molar-refractivity contribution >= 4 is 21.6 Å². The minimum absolute atomic E-state index is 0.769. The van der Waals surface area contributed by atoms with Crippen LogP contribution < -0.4 is 5.73 Å². The third-order valence-corrected chi connectivity index (χ3v) is 2.87. The molecule has 0 amide bonds. The van der Waals surface area contributed by atoms with E-state index in [1.807, 2.05) is 31.3 Å². The second kappa shape index (κ2) is 4.06. The topological polar surface area (TPSA) is 43.8 Å². The molecule has 0 fully saturated rings. The first-order chi connectivity index (χ1) is 7.16. The Bertz CT molecular complexity index is 476. The van der Waals surface area contributed by atoms with Crippen LogP contribution in [0.3, 0.4) is 0 Å². The van der Waals surface area contributed by atoms with E-state index in [0.717, 1.165) is 28.1 Å². The summed E-state index contributed by atoms with van der Waals surface area (Å²) < 4.78 is 3.07. The van der Waals surface area contributed by atoms with E-state index in [4.69, 9.17) is 5.73 Å². The average Bonchev–Trinajstić information content (AvgIpc) is 2.57. The molecule has 0 spiro atoms. The number of benzene rings is 1. The van der Waals surface area contributed by atoms with Crippen LogP contribution in [-0.2, 0) is 6.54 Å². The molecular weight excluding hydrogens is 254 g/mol. The van der Waals surface area contributed by atoms with Gasteiger partial charge in [0.1, 0.15) is 5.82 Å². The molecule has 0 radical (unpaired) electrons. The van der Waals surface area contributed by atoms with Crippen LogP contribution in [0.4, 0.5) is 5.69 Å². The lowest BCUT2D eigenvalue weighted by atomic mass is 10.2. The summed E-state index contributed by atoms with van der Waals surface area (Å²) in [6.07, 6.45) is 3.75. The van der Waals surface area contributed by atoms with Crippen molar-refractivity contribution in [2.45, 2.75) is 13.5 Å². The Morgan fingerprint density at radius 3 is 2.87 bits per heavy atom. The monoisotopic (exact) mass is 265 g/mol. The highest BCUT2D eigenvalue weighted by atomic mass is 79.9. The number of imidazole rings is 1. The normalized spacial score (nSPS) is 10.5. The van der Waals surface area contributed by atoms with Gasteiger partial charge in [0.25, 0.3) is 0 Å². The van der Waals surface area contributed by atoms with Crippen LogP contribution >= 0.6 is 15.9 Å². The highest BCUT2D eigenvalue weighted by Gasteiger charge is 2.02. The SMILES string of the molecule is Cc1nccn1Cc1ccc(Br)cc1N. The third-order valence-electron chi connectivity index (χ3n) is 2.37. The summed E-state index contributed by atoms with van der Waals surface area (Å²) >= 11 is 3.39. The zero-order chi connectivity index (χ0) is 10.8. The van der Waals surface area contributed by atoms with E-state index in [-0.39, 0.29) is 0 Å². The number of aryl methyl sites for hydroxylation is 1. The molecule has 2 N–H and O–H groups in total. The van der Waals surface area contributed by atoms with E-state index in [1.165, 1.54) is 0 Å². The van der Waals surface area contributed by atoms with E-state index in [2.05, 4.69) is 25.5 Å². The number of aromatic nitrogens is 2. The van der Waals surface area contributed by atoms with Crippen molar-refractivity contribution in [1.29, 1.82) is 0 Å². The first-order valence-electron chi connectivity index (χ1n) is 4.68. The molecule has 0 aliphatic heterocycles. The number of nitrogen functional groups attached to an aromatic ring is 1. The van der Waals surface area contributed by atoms with E-state index in [1.54, 1.807) is 6.20 Å².